The number of ether oxygens (including phenoxy) is 1. The normalized spacial score (nSPS) is 20.7. The summed E-state index contributed by atoms with van der Waals surface area (Å²) in [5.74, 6) is 0.0918. The maximum absolute atomic E-state index is 13.1. The fraction of sp³-hybridized carbons (Fsp3) is 0.364. The van der Waals surface area contributed by atoms with Crippen LogP contribution in [0.3, 0.4) is 0 Å². The predicted octanol–water partition coefficient (Wildman–Crippen LogP) is 8.27. The van der Waals surface area contributed by atoms with Crippen LogP contribution in [0.15, 0.2) is 97.1 Å². The minimum Gasteiger partial charge on any atom is -0.441 e. The highest BCUT2D eigenvalue weighted by atomic mass is 16.6. The van der Waals surface area contributed by atoms with E-state index in [2.05, 4.69) is 33.8 Å². The molecule has 0 unspecified atom stereocenters. The third kappa shape index (κ3) is 8.22. The van der Waals surface area contributed by atoms with Gasteiger partial charge in [0.2, 0.25) is 17.7 Å². The molecule has 3 aliphatic rings. The Morgan fingerprint density at radius 2 is 1.18 bits per heavy atom. The average Bonchev–Trinajstić information content (AvgIpc) is 3.17. The van der Waals surface area contributed by atoms with Crippen LogP contribution in [-0.4, -0.2) is 53.9 Å². The lowest BCUT2D eigenvalue weighted by atomic mass is 9.91. The second-order valence-corrected chi connectivity index (χ2v) is 14.9. The van der Waals surface area contributed by atoms with Gasteiger partial charge in [0.25, 0.3) is 0 Å². The molecule has 55 heavy (non-hydrogen) atoms. The molecular weight excluding hydrogens is 693 g/mol. The number of hydrogen-bond donors (Lipinski definition) is 3. The maximum Gasteiger partial charge on any atom is 0.412 e. The molecular formula is C44H50N6O5. The van der Waals surface area contributed by atoms with E-state index in [1.807, 2.05) is 117 Å². The highest BCUT2D eigenvalue weighted by molar-refractivity contribution is 5.96. The van der Waals surface area contributed by atoms with Crippen LogP contribution in [0.5, 0.6) is 0 Å². The zero-order valence-corrected chi connectivity index (χ0v) is 32.0. The van der Waals surface area contributed by atoms with Gasteiger partial charge in [-0.15, -0.1) is 0 Å². The van der Waals surface area contributed by atoms with Gasteiger partial charge in [-0.1, -0.05) is 62.4 Å². The Morgan fingerprint density at radius 1 is 0.655 bits per heavy atom. The van der Waals surface area contributed by atoms with Crippen molar-refractivity contribution >= 4 is 52.3 Å². The number of carbonyl (C=O) groups excluding carboxylic acids is 4. The first kappa shape index (κ1) is 37.6. The Kier molecular flexibility index (Phi) is 11.2. The van der Waals surface area contributed by atoms with Gasteiger partial charge in [-0.05, 0) is 79.9 Å². The first-order valence-corrected chi connectivity index (χ1v) is 19.4. The van der Waals surface area contributed by atoms with E-state index in [1.165, 1.54) is 0 Å². The number of amides is 4. The minimum absolute atomic E-state index is 0.00499. The van der Waals surface area contributed by atoms with Crippen LogP contribution in [0, 0.1) is 5.92 Å². The highest BCUT2D eigenvalue weighted by Gasteiger charge is 2.36. The summed E-state index contributed by atoms with van der Waals surface area (Å²) in [7, 11) is 0. The van der Waals surface area contributed by atoms with Gasteiger partial charge in [-0.25, -0.2) is 4.79 Å². The van der Waals surface area contributed by atoms with E-state index >= 15 is 0 Å². The summed E-state index contributed by atoms with van der Waals surface area (Å²) < 4.78 is 5.87. The topological polar surface area (TPSA) is 123 Å². The van der Waals surface area contributed by atoms with Crippen molar-refractivity contribution in [1.29, 1.82) is 0 Å². The molecule has 7 rings (SSSR count). The Bertz CT molecular complexity index is 2030. The number of nitrogens with one attached hydrogen (secondary N) is 3. The van der Waals surface area contributed by atoms with E-state index in [0.29, 0.717) is 44.6 Å². The molecule has 11 nitrogen and oxygen atoms in total. The highest BCUT2D eigenvalue weighted by Crippen LogP contribution is 2.41. The third-order valence-corrected chi connectivity index (χ3v) is 10.9. The lowest BCUT2D eigenvalue weighted by molar-refractivity contribution is -0.125. The van der Waals surface area contributed by atoms with Crippen LogP contribution in [0.2, 0.25) is 0 Å². The van der Waals surface area contributed by atoms with Crippen molar-refractivity contribution in [2.75, 3.05) is 38.8 Å². The summed E-state index contributed by atoms with van der Waals surface area (Å²) in [6, 6.07) is 31.2. The lowest BCUT2D eigenvalue weighted by Crippen LogP contribution is -2.51. The monoisotopic (exact) mass is 742 g/mol. The molecule has 4 aromatic carbocycles. The Hall–Kier alpha value is -5.68. The van der Waals surface area contributed by atoms with Crippen molar-refractivity contribution in [2.45, 2.75) is 84.2 Å². The first-order valence-electron chi connectivity index (χ1n) is 19.4. The summed E-state index contributed by atoms with van der Waals surface area (Å²) in [5, 5.41) is 9.56. The van der Waals surface area contributed by atoms with Crippen LogP contribution in [0.25, 0.3) is 0 Å². The minimum atomic E-state index is -0.542. The van der Waals surface area contributed by atoms with Gasteiger partial charge in [0.15, 0.2) is 0 Å². The molecule has 1 fully saturated rings. The first-order chi connectivity index (χ1) is 26.6. The van der Waals surface area contributed by atoms with Gasteiger partial charge in [0, 0.05) is 79.3 Å². The molecule has 0 saturated carbocycles. The fourth-order valence-electron chi connectivity index (χ4n) is 8.11. The van der Waals surface area contributed by atoms with Gasteiger partial charge < -0.3 is 25.2 Å². The molecule has 3 N–H and O–H groups in total. The molecule has 0 aromatic heterocycles. The van der Waals surface area contributed by atoms with E-state index in [9.17, 15) is 19.2 Å². The van der Waals surface area contributed by atoms with Crippen LogP contribution in [0.1, 0.15) is 82.2 Å². The predicted molar refractivity (Wildman–Crippen MR) is 216 cm³/mol. The molecule has 3 heterocycles. The summed E-state index contributed by atoms with van der Waals surface area (Å²) in [6.07, 6.45) is 1.20. The number of likely N-dealkylation sites (tertiary alicyclic amines) is 1. The quantitative estimate of drug-likeness (QED) is 0.150. The van der Waals surface area contributed by atoms with E-state index < -0.39 is 12.2 Å². The number of benzene rings is 4. The lowest BCUT2D eigenvalue weighted by Gasteiger charge is -2.40. The SMILES string of the molecule is CCC(=O)N1c2ccccc2[C@H](Nc2ccc(NC(=O)C3CN(Cc4ccc(NC(=O)O[C@@H]5C[C@H](C)N(C(=O)CC)c6ccccc65)cc4)C3)cc2)C[C@@H]1C. The molecule has 3 aliphatic heterocycles. The molecule has 0 radical (unpaired) electrons. The zero-order valence-electron chi connectivity index (χ0n) is 32.0. The van der Waals surface area contributed by atoms with Gasteiger partial charge >= 0.3 is 6.09 Å². The van der Waals surface area contributed by atoms with E-state index in [1.54, 1.807) is 4.90 Å². The molecule has 4 atom stereocenters. The van der Waals surface area contributed by atoms with Gasteiger partial charge in [0.1, 0.15) is 6.10 Å². The van der Waals surface area contributed by atoms with Crippen molar-refractivity contribution in [3.63, 3.8) is 0 Å². The fourth-order valence-corrected chi connectivity index (χ4v) is 8.11. The number of carbonyl (C=O) groups is 4. The second-order valence-electron chi connectivity index (χ2n) is 14.9. The smallest absolute Gasteiger partial charge is 0.412 e. The summed E-state index contributed by atoms with van der Waals surface area (Å²) >= 11 is 0. The zero-order chi connectivity index (χ0) is 38.6. The number of para-hydroxylation sites is 2. The molecule has 1 saturated heterocycles. The van der Waals surface area contributed by atoms with Crippen molar-refractivity contribution in [1.82, 2.24) is 4.90 Å². The summed E-state index contributed by atoms with van der Waals surface area (Å²) in [5.41, 5.74) is 7.11. The Balaban J connectivity index is 0.859. The second kappa shape index (κ2) is 16.4. The third-order valence-electron chi connectivity index (χ3n) is 10.9. The van der Waals surface area contributed by atoms with Crippen molar-refractivity contribution < 1.29 is 23.9 Å². The summed E-state index contributed by atoms with van der Waals surface area (Å²) in [4.78, 5) is 57.3. The van der Waals surface area contributed by atoms with E-state index in [-0.39, 0.29) is 41.8 Å². The number of rotatable bonds is 10. The maximum atomic E-state index is 13.1. The van der Waals surface area contributed by atoms with Crippen LogP contribution in [-0.2, 0) is 25.7 Å². The largest absolute Gasteiger partial charge is 0.441 e. The van der Waals surface area contributed by atoms with E-state index in [0.717, 1.165) is 45.9 Å². The van der Waals surface area contributed by atoms with Crippen LogP contribution in [0.4, 0.5) is 33.2 Å². The molecule has 4 aromatic rings. The Labute approximate surface area is 323 Å². The molecule has 11 heteroatoms. The van der Waals surface area contributed by atoms with Crippen molar-refractivity contribution in [2.24, 2.45) is 5.92 Å². The number of fused-ring (bicyclic) bond motifs is 2. The number of hydrogen-bond acceptors (Lipinski definition) is 7. The van der Waals surface area contributed by atoms with Crippen LogP contribution >= 0.6 is 0 Å². The standard InChI is InChI=1S/C44H50N6O5/c1-5-41(51)49-28(3)23-37(35-11-7-9-13-38(35)49)45-32-19-21-33(22-20-32)46-43(53)31-26-48(27-31)25-30-15-17-34(18-16-30)47-44(54)55-40-24-29(4)50(42(52)6-2)39-14-10-8-12-36(39)40/h7-22,28-29,31,37,40,45H,5-6,23-27H2,1-4H3,(H,46,53)(H,47,54)/t28-,29-,37+,40+/m0/s1. The van der Waals surface area contributed by atoms with Gasteiger partial charge in [-0.3, -0.25) is 24.6 Å². The molecule has 0 spiro atoms. The molecule has 0 bridgehead atoms. The Morgan fingerprint density at radius 3 is 1.82 bits per heavy atom. The van der Waals surface area contributed by atoms with E-state index in [4.69, 9.17) is 4.74 Å². The number of nitrogens with zero attached hydrogens (tertiary/aromatic N) is 3. The average molecular weight is 743 g/mol. The molecule has 0 aliphatic carbocycles. The van der Waals surface area contributed by atoms with Crippen LogP contribution < -0.4 is 25.8 Å². The molecule has 4 amide bonds. The van der Waals surface area contributed by atoms with Crippen molar-refractivity contribution in [3.8, 4) is 0 Å². The molecule has 286 valence electrons. The van der Waals surface area contributed by atoms with Gasteiger partial charge in [-0.2, -0.15) is 0 Å². The van der Waals surface area contributed by atoms with Gasteiger partial charge in [0.05, 0.1) is 17.6 Å². The summed E-state index contributed by atoms with van der Waals surface area (Å²) in [6.45, 7) is 9.85. The van der Waals surface area contributed by atoms with Crippen molar-refractivity contribution in [3.05, 3.63) is 114 Å². The number of anilines is 5.